The van der Waals surface area contributed by atoms with Gasteiger partial charge in [0.2, 0.25) is 0 Å². The third kappa shape index (κ3) is 7.69. The molecule has 27 heavy (non-hydrogen) atoms. The Morgan fingerprint density at radius 2 is 1.74 bits per heavy atom. The molecule has 8 nitrogen and oxygen atoms in total. The highest BCUT2D eigenvalue weighted by atomic mass is 127. The Balaban J connectivity index is 0.00000364. The number of ether oxygens (including phenoxy) is 1. The van der Waals surface area contributed by atoms with Crippen molar-refractivity contribution in [2.45, 2.75) is 6.54 Å². The molecule has 0 bridgehead atoms. The van der Waals surface area contributed by atoms with E-state index in [2.05, 4.69) is 20.9 Å². The molecule has 0 atom stereocenters. The molecule has 0 aliphatic heterocycles. The van der Waals surface area contributed by atoms with Crippen LogP contribution in [0.5, 0.6) is 5.75 Å². The van der Waals surface area contributed by atoms with Crippen molar-refractivity contribution >= 4 is 41.3 Å². The van der Waals surface area contributed by atoms with Gasteiger partial charge in [-0.05, 0) is 29.8 Å². The van der Waals surface area contributed by atoms with E-state index in [1.165, 1.54) is 12.1 Å². The maximum atomic E-state index is 10.6. The summed E-state index contributed by atoms with van der Waals surface area (Å²) in [7, 11) is 3.36. The smallest absolute Gasteiger partial charge is 0.269 e. The number of methoxy groups -OCH3 is 1. The van der Waals surface area contributed by atoms with Crippen LogP contribution in [0.25, 0.3) is 0 Å². The molecule has 146 valence electrons. The quantitative estimate of drug-likeness (QED) is 0.133. The molecular formula is C18H24IN5O3. The van der Waals surface area contributed by atoms with E-state index in [-0.39, 0.29) is 29.7 Å². The molecule has 0 spiro atoms. The van der Waals surface area contributed by atoms with Gasteiger partial charge in [-0.2, -0.15) is 0 Å². The third-order valence-corrected chi connectivity index (χ3v) is 3.67. The molecule has 0 aliphatic carbocycles. The summed E-state index contributed by atoms with van der Waals surface area (Å²) in [6, 6.07) is 14.2. The van der Waals surface area contributed by atoms with Crippen LogP contribution in [0.4, 0.5) is 11.4 Å². The van der Waals surface area contributed by atoms with Gasteiger partial charge in [-0.1, -0.05) is 12.1 Å². The second-order valence-electron chi connectivity index (χ2n) is 5.43. The van der Waals surface area contributed by atoms with Crippen molar-refractivity contribution in [3.8, 4) is 5.75 Å². The van der Waals surface area contributed by atoms with Crippen LogP contribution in [0.1, 0.15) is 5.56 Å². The number of guanidine groups is 1. The molecule has 0 amide bonds. The number of nitrogens with one attached hydrogen (secondary N) is 3. The van der Waals surface area contributed by atoms with Crippen molar-refractivity contribution in [1.82, 2.24) is 10.6 Å². The summed E-state index contributed by atoms with van der Waals surface area (Å²) >= 11 is 0. The minimum Gasteiger partial charge on any atom is -0.497 e. The Bertz CT molecular complexity index is 736. The number of hydrogen-bond donors (Lipinski definition) is 3. The van der Waals surface area contributed by atoms with Crippen molar-refractivity contribution in [1.29, 1.82) is 0 Å². The molecule has 9 heteroatoms. The molecule has 0 saturated carbocycles. The lowest BCUT2D eigenvalue weighted by atomic mass is 10.2. The van der Waals surface area contributed by atoms with Crippen molar-refractivity contribution in [2.24, 2.45) is 4.99 Å². The molecule has 0 heterocycles. The molecule has 3 N–H and O–H groups in total. The molecule has 0 unspecified atom stereocenters. The second kappa shape index (κ2) is 11.9. The van der Waals surface area contributed by atoms with Gasteiger partial charge in [0.15, 0.2) is 5.96 Å². The first kappa shape index (κ1) is 22.5. The maximum absolute atomic E-state index is 10.6. The normalized spacial score (nSPS) is 10.5. The summed E-state index contributed by atoms with van der Waals surface area (Å²) in [5, 5.41) is 20.3. The van der Waals surface area contributed by atoms with Gasteiger partial charge >= 0.3 is 0 Å². The number of benzene rings is 2. The largest absolute Gasteiger partial charge is 0.497 e. The lowest BCUT2D eigenvalue weighted by molar-refractivity contribution is -0.384. The van der Waals surface area contributed by atoms with Gasteiger partial charge < -0.3 is 20.7 Å². The Labute approximate surface area is 175 Å². The fraction of sp³-hybridized carbons (Fsp3) is 0.278. The third-order valence-electron chi connectivity index (χ3n) is 3.67. The van der Waals surface area contributed by atoms with Gasteiger partial charge in [0.25, 0.3) is 5.69 Å². The highest BCUT2D eigenvalue weighted by Gasteiger charge is 2.03. The number of hydrogen-bond acceptors (Lipinski definition) is 5. The number of nitro benzene ring substituents is 1. The molecule has 0 aliphatic rings. The van der Waals surface area contributed by atoms with E-state index in [1.54, 1.807) is 26.3 Å². The van der Waals surface area contributed by atoms with Gasteiger partial charge in [-0.15, -0.1) is 24.0 Å². The van der Waals surface area contributed by atoms with Gasteiger partial charge in [-0.25, -0.2) is 0 Å². The van der Waals surface area contributed by atoms with Gasteiger partial charge in [0, 0.05) is 44.5 Å². The van der Waals surface area contributed by atoms with Crippen LogP contribution >= 0.6 is 24.0 Å². The van der Waals surface area contributed by atoms with E-state index in [0.29, 0.717) is 25.6 Å². The molecule has 0 radical (unpaired) electrons. The summed E-state index contributed by atoms with van der Waals surface area (Å²) in [5.74, 6) is 1.53. The lowest BCUT2D eigenvalue weighted by Crippen LogP contribution is -2.39. The monoisotopic (exact) mass is 485 g/mol. The van der Waals surface area contributed by atoms with Crippen LogP contribution in [-0.2, 0) is 6.54 Å². The van der Waals surface area contributed by atoms with Crippen LogP contribution in [0.3, 0.4) is 0 Å². The van der Waals surface area contributed by atoms with Gasteiger partial charge in [0.1, 0.15) is 5.75 Å². The number of anilines is 1. The van der Waals surface area contributed by atoms with E-state index in [4.69, 9.17) is 4.74 Å². The number of rotatable bonds is 8. The summed E-state index contributed by atoms with van der Waals surface area (Å²) in [5.41, 5.74) is 2.04. The first-order valence-electron chi connectivity index (χ1n) is 8.18. The zero-order chi connectivity index (χ0) is 18.8. The zero-order valence-electron chi connectivity index (χ0n) is 15.3. The van der Waals surface area contributed by atoms with E-state index in [9.17, 15) is 10.1 Å². The Kier molecular flexibility index (Phi) is 9.94. The van der Waals surface area contributed by atoms with Gasteiger partial charge in [-0.3, -0.25) is 15.1 Å². The minimum absolute atomic E-state index is 0. The molecular weight excluding hydrogens is 461 g/mol. The molecule has 2 aromatic carbocycles. The minimum atomic E-state index is -0.413. The first-order chi connectivity index (χ1) is 12.6. The van der Waals surface area contributed by atoms with Crippen LogP contribution in [0, 0.1) is 10.1 Å². The summed E-state index contributed by atoms with van der Waals surface area (Å²) < 4.78 is 5.14. The number of nitro groups is 1. The Morgan fingerprint density at radius 1 is 1.07 bits per heavy atom. The van der Waals surface area contributed by atoms with Crippen molar-refractivity contribution in [2.75, 3.05) is 32.6 Å². The lowest BCUT2D eigenvalue weighted by Gasteiger charge is -2.13. The summed E-state index contributed by atoms with van der Waals surface area (Å²) in [6.07, 6.45) is 0. The number of aliphatic imine (C=N–C) groups is 1. The van der Waals surface area contributed by atoms with E-state index < -0.39 is 4.92 Å². The average molecular weight is 485 g/mol. The van der Waals surface area contributed by atoms with E-state index in [0.717, 1.165) is 17.0 Å². The van der Waals surface area contributed by atoms with E-state index >= 15 is 0 Å². The van der Waals surface area contributed by atoms with E-state index in [1.807, 2.05) is 24.3 Å². The fourth-order valence-electron chi connectivity index (χ4n) is 2.24. The highest BCUT2D eigenvalue weighted by Crippen LogP contribution is 2.14. The van der Waals surface area contributed by atoms with Crippen LogP contribution in [-0.4, -0.2) is 38.1 Å². The maximum Gasteiger partial charge on any atom is 0.269 e. The Morgan fingerprint density at radius 3 is 2.30 bits per heavy atom. The van der Waals surface area contributed by atoms with Crippen molar-refractivity contribution in [3.05, 3.63) is 64.2 Å². The van der Waals surface area contributed by atoms with Crippen molar-refractivity contribution < 1.29 is 9.66 Å². The van der Waals surface area contributed by atoms with Crippen LogP contribution < -0.4 is 20.7 Å². The molecule has 2 rings (SSSR count). The predicted molar refractivity (Wildman–Crippen MR) is 118 cm³/mol. The molecule has 2 aromatic rings. The number of nitrogens with zero attached hydrogens (tertiary/aromatic N) is 2. The fourth-order valence-corrected chi connectivity index (χ4v) is 2.24. The Hall–Kier alpha value is -2.56. The highest BCUT2D eigenvalue weighted by molar-refractivity contribution is 14.0. The molecule has 0 saturated heterocycles. The molecule has 0 fully saturated rings. The van der Waals surface area contributed by atoms with Crippen LogP contribution in [0.15, 0.2) is 53.5 Å². The van der Waals surface area contributed by atoms with Gasteiger partial charge in [0.05, 0.1) is 12.0 Å². The zero-order valence-corrected chi connectivity index (χ0v) is 17.6. The second-order valence-corrected chi connectivity index (χ2v) is 5.43. The predicted octanol–water partition coefficient (Wildman–Crippen LogP) is 3.00. The standard InChI is InChI=1S/C18H23N5O3.HI/c1-19-18(22-13-14-3-9-17(26-2)10-4-14)21-12-11-20-15-5-7-16(8-6-15)23(24)25;/h3-10,20H,11-13H2,1-2H3,(H2,19,21,22);1H. The first-order valence-corrected chi connectivity index (χ1v) is 8.18. The average Bonchev–Trinajstić information content (AvgIpc) is 2.68. The van der Waals surface area contributed by atoms with Crippen molar-refractivity contribution in [3.63, 3.8) is 0 Å². The topological polar surface area (TPSA) is 101 Å². The van der Waals surface area contributed by atoms with Crippen LogP contribution in [0.2, 0.25) is 0 Å². The summed E-state index contributed by atoms with van der Waals surface area (Å²) in [6.45, 7) is 1.96. The number of non-ortho nitro benzene ring substituents is 1. The SMILES string of the molecule is CN=C(NCCNc1ccc([N+](=O)[O-])cc1)NCc1ccc(OC)cc1.I. The molecule has 0 aromatic heterocycles. The summed E-state index contributed by atoms with van der Waals surface area (Å²) in [4.78, 5) is 14.4. The number of halogens is 1.